The minimum Gasteiger partial charge on any atom is -0.494 e. The molecule has 1 unspecified atom stereocenters. The second-order valence-electron chi connectivity index (χ2n) is 5.26. The Hall–Kier alpha value is -1.55. The number of para-hydroxylation sites is 1. The average molecular weight is 264 g/mol. The number of primary amides is 1. The SMILES string of the molecule is CC(C)NC(C)(CCCOc1ccccc1)C(N)=O. The van der Waals surface area contributed by atoms with Crippen molar-refractivity contribution in [2.75, 3.05) is 6.61 Å². The molecule has 1 amide bonds. The summed E-state index contributed by atoms with van der Waals surface area (Å²) in [6.45, 7) is 6.42. The Morgan fingerprint density at radius 1 is 1.37 bits per heavy atom. The first-order chi connectivity index (χ1) is 8.94. The van der Waals surface area contributed by atoms with Gasteiger partial charge in [-0.05, 0) is 45.7 Å². The van der Waals surface area contributed by atoms with Crippen LogP contribution in [-0.4, -0.2) is 24.1 Å². The predicted molar refractivity (Wildman–Crippen MR) is 77.0 cm³/mol. The van der Waals surface area contributed by atoms with E-state index >= 15 is 0 Å². The second kappa shape index (κ2) is 7.14. The summed E-state index contributed by atoms with van der Waals surface area (Å²) in [5, 5.41) is 3.22. The molecular weight excluding hydrogens is 240 g/mol. The summed E-state index contributed by atoms with van der Waals surface area (Å²) < 4.78 is 5.61. The van der Waals surface area contributed by atoms with Crippen LogP contribution in [0.2, 0.25) is 0 Å². The lowest BCUT2D eigenvalue weighted by Gasteiger charge is -2.29. The molecule has 0 heterocycles. The third kappa shape index (κ3) is 5.30. The van der Waals surface area contributed by atoms with Crippen molar-refractivity contribution in [3.05, 3.63) is 30.3 Å². The van der Waals surface area contributed by atoms with E-state index in [9.17, 15) is 4.79 Å². The van der Waals surface area contributed by atoms with Crippen molar-refractivity contribution < 1.29 is 9.53 Å². The van der Waals surface area contributed by atoms with E-state index in [0.717, 1.165) is 12.2 Å². The van der Waals surface area contributed by atoms with Crippen molar-refractivity contribution >= 4 is 5.91 Å². The number of ether oxygens (including phenoxy) is 1. The van der Waals surface area contributed by atoms with Crippen LogP contribution >= 0.6 is 0 Å². The van der Waals surface area contributed by atoms with Crippen LogP contribution in [0.25, 0.3) is 0 Å². The van der Waals surface area contributed by atoms with Gasteiger partial charge in [-0.1, -0.05) is 18.2 Å². The molecule has 4 nitrogen and oxygen atoms in total. The normalized spacial score (nSPS) is 14.1. The maximum atomic E-state index is 11.5. The van der Waals surface area contributed by atoms with Gasteiger partial charge in [0.05, 0.1) is 12.1 Å². The van der Waals surface area contributed by atoms with Gasteiger partial charge in [0.15, 0.2) is 0 Å². The van der Waals surface area contributed by atoms with E-state index < -0.39 is 5.54 Å². The molecule has 0 aliphatic heterocycles. The van der Waals surface area contributed by atoms with Crippen LogP contribution in [0, 0.1) is 0 Å². The molecule has 19 heavy (non-hydrogen) atoms. The Bertz CT molecular complexity index is 392. The summed E-state index contributed by atoms with van der Waals surface area (Å²) in [7, 11) is 0. The maximum Gasteiger partial charge on any atom is 0.237 e. The first kappa shape index (κ1) is 15.5. The van der Waals surface area contributed by atoms with Crippen LogP contribution in [0.3, 0.4) is 0 Å². The Morgan fingerprint density at radius 3 is 2.53 bits per heavy atom. The van der Waals surface area contributed by atoms with Gasteiger partial charge < -0.3 is 15.8 Å². The Balaban J connectivity index is 2.39. The van der Waals surface area contributed by atoms with Gasteiger partial charge in [-0.15, -0.1) is 0 Å². The molecule has 0 aromatic heterocycles. The molecule has 0 aliphatic rings. The minimum atomic E-state index is -0.672. The summed E-state index contributed by atoms with van der Waals surface area (Å²) >= 11 is 0. The number of carbonyl (C=O) groups is 1. The van der Waals surface area contributed by atoms with Crippen molar-refractivity contribution in [2.24, 2.45) is 5.73 Å². The van der Waals surface area contributed by atoms with Gasteiger partial charge in [-0.3, -0.25) is 4.79 Å². The highest BCUT2D eigenvalue weighted by molar-refractivity contribution is 5.84. The van der Waals surface area contributed by atoms with Crippen molar-refractivity contribution in [1.29, 1.82) is 0 Å². The van der Waals surface area contributed by atoms with Crippen molar-refractivity contribution in [3.63, 3.8) is 0 Å². The fraction of sp³-hybridized carbons (Fsp3) is 0.533. The number of rotatable bonds is 8. The predicted octanol–water partition coefficient (Wildman–Crippen LogP) is 2.09. The fourth-order valence-electron chi connectivity index (χ4n) is 2.04. The zero-order chi connectivity index (χ0) is 14.3. The fourth-order valence-corrected chi connectivity index (χ4v) is 2.04. The molecule has 3 N–H and O–H groups in total. The average Bonchev–Trinajstić information content (AvgIpc) is 2.35. The number of carbonyl (C=O) groups excluding carboxylic acids is 1. The lowest BCUT2D eigenvalue weighted by Crippen LogP contribution is -2.55. The molecule has 1 aromatic rings. The van der Waals surface area contributed by atoms with E-state index in [2.05, 4.69) is 5.32 Å². The van der Waals surface area contributed by atoms with Crippen LogP contribution in [-0.2, 0) is 4.79 Å². The van der Waals surface area contributed by atoms with E-state index in [0.29, 0.717) is 13.0 Å². The zero-order valence-electron chi connectivity index (χ0n) is 12.0. The van der Waals surface area contributed by atoms with Crippen LogP contribution in [0.1, 0.15) is 33.6 Å². The summed E-state index contributed by atoms with van der Waals surface area (Å²) in [5.74, 6) is 0.529. The van der Waals surface area contributed by atoms with Gasteiger partial charge in [-0.25, -0.2) is 0 Å². The number of nitrogens with two attached hydrogens (primary N) is 1. The van der Waals surface area contributed by atoms with Crippen LogP contribution < -0.4 is 15.8 Å². The quantitative estimate of drug-likeness (QED) is 0.707. The first-order valence-corrected chi connectivity index (χ1v) is 6.69. The van der Waals surface area contributed by atoms with Gasteiger partial charge in [0.1, 0.15) is 5.75 Å². The van der Waals surface area contributed by atoms with Gasteiger partial charge in [0, 0.05) is 6.04 Å². The molecule has 1 aromatic carbocycles. The highest BCUT2D eigenvalue weighted by atomic mass is 16.5. The molecular formula is C15H24N2O2. The molecule has 0 aliphatic carbocycles. The van der Waals surface area contributed by atoms with E-state index in [4.69, 9.17) is 10.5 Å². The topological polar surface area (TPSA) is 64.3 Å². The summed E-state index contributed by atoms with van der Waals surface area (Å²) in [4.78, 5) is 11.5. The first-order valence-electron chi connectivity index (χ1n) is 6.69. The highest BCUT2D eigenvalue weighted by Crippen LogP contribution is 2.15. The molecule has 0 fully saturated rings. The Labute approximate surface area is 115 Å². The van der Waals surface area contributed by atoms with Crippen molar-refractivity contribution in [2.45, 2.75) is 45.2 Å². The van der Waals surface area contributed by atoms with E-state index in [1.165, 1.54) is 0 Å². The number of nitrogens with one attached hydrogen (secondary N) is 1. The molecule has 0 saturated carbocycles. The zero-order valence-corrected chi connectivity index (χ0v) is 12.0. The summed E-state index contributed by atoms with van der Waals surface area (Å²) in [5.41, 5.74) is 4.80. The smallest absolute Gasteiger partial charge is 0.237 e. The largest absolute Gasteiger partial charge is 0.494 e. The van der Waals surface area contributed by atoms with E-state index in [-0.39, 0.29) is 11.9 Å². The standard InChI is InChI=1S/C15H24N2O2/c1-12(2)17-15(3,14(16)18)10-7-11-19-13-8-5-4-6-9-13/h4-6,8-9,12,17H,7,10-11H2,1-3H3,(H2,16,18). The van der Waals surface area contributed by atoms with E-state index in [1.54, 1.807) is 0 Å². The molecule has 0 radical (unpaired) electrons. The molecule has 1 rings (SSSR count). The molecule has 0 spiro atoms. The lowest BCUT2D eigenvalue weighted by atomic mass is 9.94. The number of hydrogen-bond acceptors (Lipinski definition) is 3. The monoisotopic (exact) mass is 264 g/mol. The van der Waals surface area contributed by atoms with Crippen molar-refractivity contribution in [1.82, 2.24) is 5.32 Å². The summed E-state index contributed by atoms with van der Waals surface area (Å²) in [6, 6.07) is 9.86. The highest BCUT2D eigenvalue weighted by Gasteiger charge is 2.30. The second-order valence-corrected chi connectivity index (χ2v) is 5.26. The lowest BCUT2D eigenvalue weighted by molar-refractivity contribution is -0.124. The third-order valence-electron chi connectivity index (χ3n) is 2.98. The third-order valence-corrected chi connectivity index (χ3v) is 2.98. The summed E-state index contributed by atoms with van der Waals surface area (Å²) in [6.07, 6.45) is 1.43. The number of benzene rings is 1. The molecule has 1 atom stereocenters. The van der Waals surface area contributed by atoms with Crippen LogP contribution in [0.4, 0.5) is 0 Å². The number of hydrogen-bond donors (Lipinski definition) is 2. The number of amides is 1. The Morgan fingerprint density at radius 2 is 2.00 bits per heavy atom. The molecule has 4 heteroatoms. The maximum absolute atomic E-state index is 11.5. The van der Waals surface area contributed by atoms with Gasteiger partial charge in [-0.2, -0.15) is 0 Å². The van der Waals surface area contributed by atoms with Gasteiger partial charge >= 0.3 is 0 Å². The Kier molecular flexibility index (Phi) is 5.83. The van der Waals surface area contributed by atoms with Crippen LogP contribution in [0.5, 0.6) is 5.75 Å². The van der Waals surface area contributed by atoms with Crippen LogP contribution in [0.15, 0.2) is 30.3 Å². The molecule has 0 saturated heterocycles. The minimum absolute atomic E-state index is 0.215. The van der Waals surface area contributed by atoms with Gasteiger partial charge in [0.2, 0.25) is 5.91 Å². The van der Waals surface area contributed by atoms with Crippen molar-refractivity contribution in [3.8, 4) is 5.75 Å². The van der Waals surface area contributed by atoms with E-state index in [1.807, 2.05) is 51.1 Å². The van der Waals surface area contributed by atoms with Gasteiger partial charge in [0.25, 0.3) is 0 Å². The molecule has 106 valence electrons. The molecule has 0 bridgehead atoms.